The van der Waals surface area contributed by atoms with E-state index in [-0.39, 0.29) is 5.56 Å². The SMILES string of the molecule is O=c1cnc(-c2ccsc2)c[nH]1. The predicted molar refractivity (Wildman–Crippen MR) is 48.2 cm³/mol. The fraction of sp³-hybridized carbons (Fsp3) is 0. The number of hydrogen-bond acceptors (Lipinski definition) is 3. The van der Waals surface area contributed by atoms with Crippen molar-refractivity contribution in [1.82, 2.24) is 9.97 Å². The van der Waals surface area contributed by atoms with Gasteiger partial charge in [-0.05, 0) is 11.4 Å². The number of nitrogens with zero attached hydrogens (tertiary/aromatic N) is 1. The molecule has 2 rings (SSSR count). The molecule has 2 aromatic rings. The molecule has 0 atom stereocenters. The van der Waals surface area contributed by atoms with Gasteiger partial charge in [-0.1, -0.05) is 0 Å². The maximum Gasteiger partial charge on any atom is 0.266 e. The van der Waals surface area contributed by atoms with E-state index in [1.54, 1.807) is 17.5 Å². The minimum Gasteiger partial charge on any atom is -0.326 e. The molecule has 0 radical (unpaired) electrons. The Labute approximate surface area is 72.7 Å². The highest BCUT2D eigenvalue weighted by Gasteiger charge is 1.97. The third kappa shape index (κ3) is 1.29. The Kier molecular flexibility index (Phi) is 1.75. The molecule has 0 saturated carbocycles. The maximum absolute atomic E-state index is 10.7. The highest BCUT2D eigenvalue weighted by molar-refractivity contribution is 7.08. The van der Waals surface area contributed by atoms with Gasteiger partial charge in [0.05, 0.1) is 11.9 Å². The van der Waals surface area contributed by atoms with E-state index in [4.69, 9.17) is 0 Å². The average molecular weight is 178 g/mol. The highest BCUT2D eigenvalue weighted by atomic mass is 32.1. The summed E-state index contributed by atoms with van der Waals surface area (Å²) in [5, 5.41) is 3.96. The number of nitrogens with one attached hydrogen (secondary N) is 1. The van der Waals surface area contributed by atoms with Gasteiger partial charge in [-0.2, -0.15) is 11.3 Å². The van der Waals surface area contributed by atoms with Gasteiger partial charge in [0.25, 0.3) is 5.56 Å². The number of H-pyrrole nitrogens is 1. The van der Waals surface area contributed by atoms with E-state index in [0.717, 1.165) is 11.3 Å². The zero-order valence-corrected chi connectivity index (χ0v) is 6.97. The molecule has 0 aromatic carbocycles. The van der Waals surface area contributed by atoms with Crippen molar-refractivity contribution in [1.29, 1.82) is 0 Å². The molecule has 2 aromatic heterocycles. The summed E-state index contributed by atoms with van der Waals surface area (Å²) in [6.45, 7) is 0. The fourth-order valence-electron chi connectivity index (χ4n) is 0.910. The molecular formula is C8H6N2OS. The Hall–Kier alpha value is -1.42. The first-order valence-corrected chi connectivity index (χ1v) is 4.38. The predicted octanol–water partition coefficient (Wildman–Crippen LogP) is 1.50. The average Bonchev–Trinajstić information content (AvgIpc) is 2.58. The monoisotopic (exact) mass is 178 g/mol. The van der Waals surface area contributed by atoms with Crippen LogP contribution >= 0.6 is 11.3 Å². The van der Waals surface area contributed by atoms with Crippen LogP contribution in [0.25, 0.3) is 11.3 Å². The summed E-state index contributed by atoms with van der Waals surface area (Å²) >= 11 is 1.61. The zero-order valence-electron chi connectivity index (χ0n) is 6.15. The molecule has 60 valence electrons. The number of hydrogen-bond donors (Lipinski definition) is 1. The second-order valence-electron chi connectivity index (χ2n) is 2.31. The van der Waals surface area contributed by atoms with Gasteiger partial charge >= 0.3 is 0 Å². The lowest BCUT2D eigenvalue weighted by Crippen LogP contribution is -2.03. The largest absolute Gasteiger partial charge is 0.326 e. The van der Waals surface area contributed by atoms with E-state index in [1.165, 1.54) is 6.20 Å². The topological polar surface area (TPSA) is 45.8 Å². The van der Waals surface area contributed by atoms with Gasteiger partial charge in [-0.3, -0.25) is 4.79 Å². The molecular weight excluding hydrogens is 172 g/mol. The van der Waals surface area contributed by atoms with Crippen LogP contribution in [0.15, 0.2) is 34.0 Å². The summed E-state index contributed by atoms with van der Waals surface area (Å²) in [4.78, 5) is 17.2. The van der Waals surface area contributed by atoms with Crippen LogP contribution in [0.2, 0.25) is 0 Å². The van der Waals surface area contributed by atoms with Crippen molar-refractivity contribution in [2.45, 2.75) is 0 Å². The zero-order chi connectivity index (χ0) is 8.39. The van der Waals surface area contributed by atoms with E-state index in [1.807, 2.05) is 16.8 Å². The van der Waals surface area contributed by atoms with Crippen molar-refractivity contribution in [2.75, 3.05) is 0 Å². The smallest absolute Gasteiger partial charge is 0.266 e. The van der Waals surface area contributed by atoms with E-state index >= 15 is 0 Å². The number of rotatable bonds is 1. The summed E-state index contributed by atoms with van der Waals surface area (Å²) in [5.74, 6) is 0. The van der Waals surface area contributed by atoms with Crippen molar-refractivity contribution in [3.05, 3.63) is 39.6 Å². The first-order valence-electron chi connectivity index (χ1n) is 3.43. The first kappa shape index (κ1) is 7.24. The van der Waals surface area contributed by atoms with Crippen LogP contribution in [0.3, 0.4) is 0 Å². The summed E-state index contributed by atoms with van der Waals surface area (Å²) < 4.78 is 0. The number of thiophene rings is 1. The van der Waals surface area contributed by atoms with Gasteiger partial charge in [0.1, 0.15) is 0 Å². The molecule has 12 heavy (non-hydrogen) atoms. The molecule has 4 heteroatoms. The van der Waals surface area contributed by atoms with Gasteiger partial charge in [0.15, 0.2) is 0 Å². The third-order valence-electron chi connectivity index (χ3n) is 1.49. The van der Waals surface area contributed by atoms with Gasteiger partial charge in [0.2, 0.25) is 0 Å². The third-order valence-corrected chi connectivity index (χ3v) is 2.17. The van der Waals surface area contributed by atoms with Gasteiger partial charge in [-0.25, -0.2) is 4.98 Å². The van der Waals surface area contributed by atoms with Crippen LogP contribution in [0.4, 0.5) is 0 Å². The van der Waals surface area contributed by atoms with Crippen LogP contribution < -0.4 is 5.56 Å². The molecule has 0 saturated heterocycles. The van der Waals surface area contributed by atoms with E-state index in [2.05, 4.69) is 9.97 Å². The summed E-state index contributed by atoms with van der Waals surface area (Å²) in [7, 11) is 0. The van der Waals surface area contributed by atoms with Crippen LogP contribution in [-0.2, 0) is 0 Å². The standard InChI is InChI=1S/C8H6N2OS/c11-8-4-9-7(3-10-8)6-1-2-12-5-6/h1-5H,(H,10,11). The lowest BCUT2D eigenvalue weighted by Gasteiger charge is -1.92. The maximum atomic E-state index is 10.7. The molecule has 1 N–H and O–H groups in total. The Balaban J connectivity index is 2.49. The minimum absolute atomic E-state index is 0.172. The summed E-state index contributed by atoms with van der Waals surface area (Å²) in [6.07, 6.45) is 2.90. The number of aromatic amines is 1. The van der Waals surface area contributed by atoms with Crippen molar-refractivity contribution in [3.63, 3.8) is 0 Å². The Morgan fingerprint density at radius 2 is 2.42 bits per heavy atom. The van der Waals surface area contributed by atoms with Crippen molar-refractivity contribution in [3.8, 4) is 11.3 Å². The summed E-state index contributed by atoms with van der Waals surface area (Å²) in [6, 6.07) is 1.96. The molecule has 0 spiro atoms. The first-order chi connectivity index (χ1) is 5.86. The van der Waals surface area contributed by atoms with Crippen molar-refractivity contribution >= 4 is 11.3 Å². The molecule has 0 aliphatic carbocycles. The molecule has 0 fully saturated rings. The Bertz CT molecular complexity index is 398. The minimum atomic E-state index is -0.172. The molecule has 0 unspecified atom stereocenters. The van der Waals surface area contributed by atoms with E-state index in [9.17, 15) is 4.79 Å². The Morgan fingerprint density at radius 3 is 3.00 bits per heavy atom. The molecule has 0 amide bonds. The lowest BCUT2D eigenvalue weighted by atomic mass is 10.3. The van der Waals surface area contributed by atoms with Gasteiger partial charge in [-0.15, -0.1) is 0 Å². The molecule has 0 bridgehead atoms. The van der Waals surface area contributed by atoms with Gasteiger partial charge in [0, 0.05) is 17.1 Å². The summed E-state index contributed by atoms with van der Waals surface area (Å²) in [5.41, 5.74) is 1.67. The van der Waals surface area contributed by atoms with Crippen LogP contribution in [-0.4, -0.2) is 9.97 Å². The second-order valence-corrected chi connectivity index (χ2v) is 3.09. The molecule has 2 heterocycles. The van der Waals surface area contributed by atoms with Gasteiger partial charge < -0.3 is 4.98 Å². The molecule has 0 aliphatic heterocycles. The van der Waals surface area contributed by atoms with Crippen molar-refractivity contribution < 1.29 is 0 Å². The Morgan fingerprint density at radius 1 is 1.50 bits per heavy atom. The molecule has 3 nitrogen and oxygen atoms in total. The highest BCUT2D eigenvalue weighted by Crippen LogP contribution is 2.17. The quantitative estimate of drug-likeness (QED) is 0.719. The van der Waals surface area contributed by atoms with Crippen LogP contribution in [0.5, 0.6) is 0 Å². The molecule has 0 aliphatic rings. The van der Waals surface area contributed by atoms with E-state index < -0.39 is 0 Å². The van der Waals surface area contributed by atoms with Crippen LogP contribution in [0, 0.1) is 0 Å². The fourth-order valence-corrected chi connectivity index (χ4v) is 1.56. The van der Waals surface area contributed by atoms with Crippen LogP contribution in [0.1, 0.15) is 0 Å². The number of aromatic nitrogens is 2. The second kappa shape index (κ2) is 2.91. The van der Waals surface area contributed by atoms with E-state index in [0.29, 0.717) is 0 Å². The lowest BCUT2D eigenvalue weighted by molar-refractivity contribution is 1.14. The normalized spacial score (nSPS) is 10.0. The van der Waals surface area contributed by atoms with Crippen molar-refractivity contribution in [2.24, 2.45) is 0 Å².